The number of allylic oxidation sites excluding steroid dienone is 1. The molecule has 0 radical (unpaired) electrons. The predicted octanol–water partition coefficient (Wildman–Crippen LogP) is 2.66. The Morgan fingerprint density at radius 3 is 3.00 bits per heavy atom. The Bertz CT molecular complexity index is 832. The van der Waals surface area contributed by atoms with Crippen molar-refractivity contribution in [2.45, 2.75) is 64.3 Å². The summed E-state index contributed by atoms with van der Waals surface area (Å²) in [7, 11) is 0. The summed E-state index contributed by atoms with van der Waals surface area (Å²) in [5, 5.41) is 0. The van der Waals surface area contributed by atoms with Gasteiger partial charge in [0.2, 0.25) is 0 Å². The minimum atomic E-state index is -0.626. The molecule has 4 heterocycles. The van der Waals surface area contributed by atoms with E-state index >= 15 is 0 Å². The van der Waals surface area contributed by atoms with Crippen LogP contribution in [0.3, 0.4) is 0 Å². The second-order valence-corrected chi connectivity index (χ2v) is 7.18. The van der Waals surface area contributed by atoms with Gasteiger partial charge in [0.05, 0.1) is 6.61 Å². The number of hydrogen-bond donors (Lipinski definition) is 1. The lowest BCUT2D eigenvalue weighted by Gasteiger charge is -2.23. The number of ether oxygens (including phenoxy) is 3. The Morgan fingerprint density at radius 1 is 1.35 bits per heavy atom. The van der Waals surface area contributed by atoms with Crippen molar-refractivity contribution in [3.8, 4) is 0 Å². The number of anilines is 1. The molecule has 0 saturated carbocycles. The van der Waals surface area contributed by atoms with Gasteiger partial charge in [0.25, 0.3) is 0 Å². The van der Waals surface area contributed by atoms with Gasteiger partial charge in [0.15, 0.2) is 29.0 Å². The first-order chi connectivity index (χ1) is 12.5. The molecule has 0 amide bonds. The van der Waals surface area contributed by atoms with Crippen molar-refractivity contribution in [3.63, 3.8) is 0 Å². The van der Waals surface area contributed by atoms with Crippen molar-refractivity contribution in [2.24, 2.45) is 0 Å². The van der Waals surface area contributed by atoms with Gasteiger partial charge < -0.3 is 19.9 Å². The number of hydrogen-bond acceptors (Lipinski definition) is 7. The van der Waals surface area contributed by atoms with E-state index in [2.05, 4.69) is 28.0 Å². The molecule has 4 rings (SSSR count). The van der Waals surface area contributed by atoms with Crippen LogP contribution in [0.1, 0.15) is 52.1 Å². The fraction of sp³-hybridized carbons (Fsp3) is 0.611. The van der Waals surface area contributed by atoms with Gasteiger partial charge >= 0.3 is 0 Å². The summed E-state index contributed by atoms with van der Waals surface area (Å²) in [5.41, 5.74) is 7.24. The fourth-order valence-corrected chi connectivity index (χ4v) is 3.57. The molecule has 2 aliphatic rings. The van der Waals surface area contributed by atoms with Gasteiger partial charge in [-0.15, -0.1) is 0 Å². The average Bonchev–Trinajstić information content (AvgIpc) is 3.22. The third kappa shape index (κ3) is 2.98. The Labute approximate surface area is 152 Å². The van der Waals surface area contributed by atoms with Crippen molar-refractivity contribution in [1.82, 2.24) is 19.5 Å². The summed E-state index contributed by atoms with van der Waals surface area (Å²) >= 11 is 0. The van der Waals surface area contributed by atoms with Crippen LogP contribution >= 0.6 is 0 Å². The Morgan fingerprint density at radius 2 is 2.19 bits per heavy atom. The zero-order valence-electron chi connectivity index (χ0n) is 15.4. The van der Waals surface area contributed by atoms with Gasteiger partial charge in [0, 0.05) is 0 Å². The summed E-state index contributed by atoms with van der Waals surface area (Å²) < 4.78 is 20.0. The van der Waals surface area contributed by atoms with E-state index in [1.807, 2.05) is 24.5 Å². The minimum absolute atomic E-state index is 0.108. The second kappa shape index (κ2) is 6.61. The third-order valence-electron chi connectivity index (χ3n) is 4.71. The number of imidazole rings is 1. The predicted molar refractivity (Wildman–Crippen MR) is 97.1 cm³/mol. The molecule has 2 fully saturated rings. The number of rotatable bonds is 5. The first kappa shape index (κ1) is 17.4. The molecule has 8 heteroatoms. The normalized spacial score (nSPS) is 27.6. The summed E-state index contributed by atoms with van der Waals surface area (Å²) in [6, 6.07) is 0. The van der Waals surface area contributed by atoms with Crippen LogP contribution in [0, 0.1) is 0 Å². The van der Waals surface area contributed by atoms with Crippen LogP contribution in [0.5, 0.6) is 0 Å². The van der Waals surface area contributed by atoms with Gasteiger partial charge in [-0.1, -0.05) is 25.8 Å². The average molecular weight is 359 g/mol. The highest BCUT2D eigenvalue weighted by atomic mass is 16.8. The standard InChI is InChI=1S/C18H25N5O3/c1-4-5-6-7-8-12-22-13-15(19)20-10-21-16(13)23(12)17-14-11(9-24-17)25-18(2,3)26-14/h7-8,10-11,14,17H,4-6,9H2,1-3H3,(H2,19,20,21)/b8-7+/t11-,14-,17-/m1/s1. The Balaban J connectivity index is 1.75. The Kier molecular flexibility index (Phi) is 4.42. The summed E-state index contributed by atoms with van der Waals surface area (Å²) in [6.45, 7) is 6.48. The maximum atomic E-state index is 6.09. The van der Waals surface area contributed by atoms with Crippen molar-refractivity contribution < 1.29 is 14.2 Å². The van der Waals surface area contributed by atoms with E-state index in [-0.39, 0.29) is 18.4 Å². The molecular formula is C18H25N5O3. The highest BCUT2D eigenvalue weighted by Crippen LogP contribution is 2.41. The summed E-state index contributed by atoms with van der Waals surface area (Å²) in [4.78, 5) is 13.1. The zero-order chi connectivity index (χ0) is 18.3. The maximum absolute atomic E-state index is 6.09. The highest BCUT2D eigenvalue weighted by molar-refractivity contribution is 5.83. The second-order valence-electron chi connectivity index (χ2n) is 7.18. The van der Waals surface area contributed by atoms with Crippen molar-refractivity contribution in [1.29, 1.82) is 0 Å². The molecular weight excluding hydrogens is 334 g/mol. The van der Waals surface area contributed by atoms with Crippen molar-refractivity contribution >= 4 is 23.1 Å². The van der Waals surface area contributed by atoms with E-state index < -0.39 is 5.79 Å². The van der Waals surface area contributed by atoms with Crippen LogP contribution in [0.25, 0.3) is 17.2 Å². The number of nitrogens with zero attached hydrogens (tertiary/aromatic N) is 4. The SMILES string of the molecule is CCCC/C=C/c1nc2c(N)ncnc2n1[C@@H]1OC[C@H]2OC(C)(C)O[C@@H]12. The van der Waals surface area contributed by atoms with Crippen LogP contribution < -0.4 is 5.73 Å². The van der Waals surface area contributed by atoms with Crippen LogP contribution in [-0.2, 0) is 14.2 Å². The van der Waals surface area contributed by atoms with Crippen molar-refractivity contribution in [2.75, 3.05) is 12.3 Å². The lowest BCUT2D eigenvalue weighted by molar-refractivity contribution is -0.183. The van der Waals surface area contributed by atoms with Crippen molar-refractivity contribution in [3.05, 3.63) is 18.2 Å². The van der Waals surface area contributed by atoms with Gasteiger partial charge in [0.1, 0.15) is 24.4 Å². The van der Waals surface area contributed by atoms with E-state index in [1.54, 1.807) is 0 Å². The quantitative estimate of drug-likeness (QED) is 0.820. The van der Waals surface area contributed by atoms with Crippen LogP contribution in [0.15, 0.2) is 12.4 Å². The largest absolute Gasteiger partial charge is 0.382 e. The molecule has 3 atom stereocenters. The highest BCUT2D eigenvalue weighted by Gasteiger charge is 2.51. The first-order valence-corrected chi connectivity index (χ1v) is 9.12. The lowest BCUT2D eigenvalue weighted by Crippen LogP contribution is -2.28. The van der Waals surface area contributed by atoms with Crippen LogP contribution in [0.4, 0.5) is 5.82 Å². The number of nitrogens with two attached hydrogens (primary N) is 1. The molecule has 140 valence electrons. The smallest absolute Gasteiger partial charge is 0.168 e. The molecule has 8 nitrogen and oxygen atoms in total. The van der Waals surface area contributed by atoms with Crippen LogP contribution in [-0.4, -0.2) is 44.1 Å². The molecule has 2 aliphatic heterocycles. The maximum Gasteiger partial charge on any atom is 0.168 e. The third-order valence-corrected chi connectivity index (χ3v) is 4.71. The molecule has 2 aromatic rings. The molecule has 2 N–H and O–H groups in total. The number of unbranched alkanes of at least 4 members (excludes halogenated alkanes) is 2. The number of nitrogen functional groups attached to an aromatic ring is 1. The molecule has 0 bridgehead atoms. The van der Waals surface area contributed by atoms with E-state index in [0.717, 1.165) is 25.1 Å². The van der Waals surface area contributed by atoms with E-state index in [1.165, 1.54) is 6.33 Å². The lowest BCUT2D eigenvalue weighted by atomic mass is 10.2. The van der Waals surface area contributed by atoms with E-state index in [9.17, 15) is 0 Å². The monoisotopic (exact) mass is 359 g/mol. The minimum Gasteiger partial charge on any atom is -0.382 e. The van der Waals surface area contributed by atoms with Gasteiger partial charge in [-0.25, -0.2) is 15.0 Å². The molecule has 0 spiro atoms. The van der Waals surface area contributed by atoms with Gasteiger partial charge in [-0.3, -0.25) is 4.57 Å². The molecule has 0 unspecified atom stereocenters. The fourth-order valence-electron chi connectivity index (χ4n) is 3.57. The zero-order valence-corrected chi connectivity index (χ0v) is 15.4. The number of fused-ring (bicyclic) bond motifs is 2. The number of aromatic nitrogens is 4. The van der Waals surface area contributed by atoms with Gasteiger partial charge in [-0.2, -0.15) is 0 Å². The Hall–Kier alpha value is -2.03. The molecule has 2 saturated heterocycles. The van der Waals surface area contributed by atoms with E-state index in [4.69, 9.17) is 19.9 Å². The summed E-state index contributed by atoms with van der Waals surface area (Å²) in [5.74, 6) is 0.469. The van der Waals surface area contributed by atoms with Crippen LogP contribution in [0.2, 0.25) is 0 Å². The first-order valence-electron chi connectivity index (χ1n) is 9.12. The van der Waals surface area contributed by atoms with E-state index in [0.29, 0.717) is 23.6 Å². The topological polar surface area (TPSA) is 97.3 Å². The molecule has 0 aromatic carbocycles. The molecule has 2 aromatic heterocycles. The van der Waals surface area contributed by atoms with Gasteiger partial charge in [-0.05, 0) is 26.3 Å². The molecule has 26 heavy (non-hydrogen) atoms. The molecule has 0 aliphatic carbocycles. The summed E-state index contributed by atoms with van der Waals surface area (Å²) in [6.07, 6.45) is 8.13.